The molecule has 4 heteroatoms. The molecule has 21 heavy (non-hydrogen) atoms. The van der Waals surface area contributed by atoms with Crippen LogP contribution in [0.2, 0.25) is 0 Å². The minimum Gasteiger partial charge on any atom is -0.855 e. The van der Waals surface area contributed by atoms with E-state index in [2.05, 4.69) is 42.9 Å². The van der Waals surface area contributed by atoms with Gasteiger partial charge in [0.15, 0.2) is 0 Å². The van der Waals surface area contributed by atoms with Gasteiger partial charge in [0.25, 0.3) is 0 Å². The molecule has 0 aromatic carbocycles. The Morgan fingerprint density at radius 2 is 1.10 bits per heavy atom. The van der Waals surface area contributed by atoms with Crippen LogP contribution in [0.15, 0.2) is 47.6 Å². The Balaban J connectivity index is -0.000000276. The Morgan fingerprint density at radius 3 is 1.29 bits per heavy atom. The standard InChI is InChI=1S/C11H11.3C2H5O.Hf/c1-2-6-10(5-1)9-11-7-3-4-8-11;3*1-2-3;/h1-5,7,9H,6,8H2;3*2H2,1H3;/q4*-1;+4. The zero-order valence-electron chi connectivity index (χ0n) is 13.3. The van der Waals surface area contributed by atoms with Gasteiger partial charge in [-0.3, -0.25) is 0 Å². The third kappa shape index (κ3) is 19.6. The van der Waals surface area contributed by atoms with E-state index < -0.39 is 0 Å². The summed E-state index contributed by atoms with van der Waals surface area (Å²) >= 11 is 0. The van der Waals surface area contributed by atoms with Crippen LogP contribution in [0.25, 0.3) is 0 Å². The van der Waals surface area contributed by atoms with E-state index in [1.165, 1.54) is 11.1 Å². The van der Waals surface area contributed by atoms with Gasteiger partial charge in [-0.1, -0.05) is 32.9 Å². The molecule has 0 saturated heterocycles. The summed E-state index contributed by atoms with van der Waals surface area (Å²) in [6.07, 6.45) is 17.5. The Labute approximate surface area is 148 Å². The molecule has 2 rings (SSSR count). The monoisotopic (exact) mass is 458 g/mol. The van der Waals surface area contributed by atoms with Gasteiger partial charge in [-0.25, -0.2) is 0 Å². The fraction of sp³-hybridized carbons (Fsp3) is 0.471. The molecule has 3 nitrogen and oxygen atoms in total. The van der Waals surface area contributed by atoms with Crippen LogP contribution >= 0.6 is 0 Å². The maximum Gasteiger partial charge on any atom is 4.00 e. The van der Waals surface area contributed by atoms with Gasteiger partial charge in [0.2, 0.25) is 0 Å². The summed E-state index contributed by atoms with van der Waals surface area (Å²) < 4.78 is 0. The van der Waals surface area contributed by atoms with Crippen molar-refractivity contribution in [1.82, 2.24) is 0 Å². The van der Waals surface area contributed by atoms with Crippen molar-refractivity contribution in [3.63, 3.8) is 0 Å². The summed E-state index contributed by atoms with van der Waals surface area (Å²) in [7, 11) is 0. The van der Waals surface area contributed by atoms with E-state index in [1.807, 2.05) is 0 Å². The zero-order chi connectivity index (χ0) is 15.6. The van der Waals surface area contributed by atoms with Gasteiger partial charge < -0.3 is 15.3 Å². The van der Waals surface area contributed by atoms with E-state index in [-0.39, 0.29) is 45.7 Å². The molecule has 2 aliphatic rings. The molecule has 0 amide bonds. The first-order chi connectivity index (χ1) is 9.69. The number of hydrogen-bond donors (Lipinski definition) is 0. The Morgan fingerprint density at radius 1 is 0.810 bits per heavy atom. The molecule has 0 aromatic rings. The zero-order valence-corrected chi connectivity index (χ0v) is 16.9. The molecule has 0 heterocycles. The first-order valence-corrected chi connectivity index (χ1v) is 7.00. The molecule has 0 unspecified atom stereocenters. The summed E-state index contributed by atoms with van der Waals surface area (Å²) in [5.41, 5.74) is 2.86. The molecule has 0 bridgehead atoms. The average molecular weight is 457 g/mol. The molecular weight excluding hydrogens is 431 g/mol. The predicted octanol–water partition coefficient (Wildman–Crippen LogP) is 1.06. The van der Waals surface area contributed by atoms with Crippen LogP contribution in [0, 0.1) is 6.42 Å². The maximum absolute atomic E-state index is 8.93. The molecule has 2 aliphatic carbocycles. The largest absolute Gasteiger partial charge is 4.00 e. The van der Waals surface area contributed by atoms with E-state index in [9.17, 15) is 0 Å². The van der Waals surface area contributed by atoms with Gasteiger partial charge in [0.05, 0.1) is 0 Å². The van der Waals surface area contributed by atoms with Gasteiger partial charge in [0.1, 0.15) is 0 Å². The summed E-state index contributed by atoms with van der Waals surface area (Å²) in [6, 6.07) is 0. The van der Waals surface area contributed by atoms with Gasteiger partial charge in [0, 0.05) is 0 Å². The summed E-state index contributed by atoms with van der Waals surface area (Å²) in [5.74, 6) is 0. The van der Waals surface area contributed by atoms with E-state index in [1.54, 1.807) is 20.8 Å². The second kappa shape index (κ2) is 21.9. The summed E-state index contributed by atoms with van der Waals surface area (Å²) in [6.45, 7) is 4.71. The Kier molecular flexibility index (Phi) is 26.6. The van der Waals surface area contributed by atoms with E-state index in [4.69, 9.17) is 15.3 Å². The van der Waals surface area contributed by atoms with E-state index in [0.717, 1.165) is 12.8 Å². The Bertz CT molecular complexity index is 285. The molecule has 0 spiro atoms. The normalized spacial score (nSPS) is 13.2. The topological polar surface area (TPSA) is 69.2 Å². The van der Waals surface area contributed by atoms with Crippen molar-refractivity contribution in [3.05, 3.63) is 54.0 Å². The van der Waals surface area contributed by atoms with Crippen molar-refractivity contribution in [2.24, 2.45) is 0 Å². The summed E-state index contributed by atoms with van der Waals surface area (Å²) in [5, 5.41) is 26.8. The molecule has 0 saturated carbocycles. The first-order valence-electron chi connectivity index (χ1n) is 7.00. The van der Waals surface area contributed by atoms with Crippen LogP contribution in [0.1, 0.15) is 33.6 Å². The third-order valence-corrected chi connectivity index (χ3v) is 1.97. The molecule has 0 atom stereocenters. The fourth-order valence-corrected chi connectivity index (χ4v) is 1.38. The molecule has 116 valence electrons. The quantitative estimate of drug-likeness (QED) is 0.461. The third-order valence-electron chi connectivity index (χ3n) is 1.97. The van der Waals surface area contributed by atoms with Crippen molar-refractivity contribution in [3.8, 4) is 0 Å². The fourth-order valence-electron chi connectivity index (χ4n) is 1.38. The SMILES string of the molecule is C1=CCC([CH-]C2=CC=CC2)=C1.CC[O-].CC[O-].CC[O-].[Hf+4]. The van der Waals surface area contributed by atoms with Crippen molar-refractivity contribution in [1.29, 1.82) is 0 Å². The van der Waals surface area contributed by atoms with Crippen molar-refractivity contribution in [2.75, 3.05) is 19.8 Å². The summed E-state index contributed by atoms with van der Waals surface area (Å²) in [4.78, 5) is 0. The van der Waals surface area contributed by atoms with E-state index in [0.29, 0.717) is 0 Å². The molecule has 0 aromatic heterocycles. The molecule has 0 radical (unpaired) electrons. The van der Waals surface area contributed by atoms with Gasteiger partial charge in [-0.05, 0) is 12.8 Å². The van der Waals surface area contributed by atoms with Gasteiger partial charge in [-0.15, -0.1) is 32.0 Å². The van der Waals surface area contributed by atoms with Crippen LogP contribution in [0.4, 0.5) is 0 Å². The second-order valence-electron chi connectivity index (χ2n) is 3.76. The van der Waals surface area contributed by atoms with Crippen LogP contribution in [-0.4, -0.2) is 19.8 Å². The number of allylic oxidation sites excluding steroid dienone is 8. The van der Waals surface area contributed by atoms with Crippen LogP contribution in [-0.2, 0) is 25.8 Å². The minimum atomic E-state index is 0. The smallest absolute Gasteiger partial charge is 0.855 e. The van der Waals surface area contributed by atoms with Crippen molar-refractivity contribution < 1.29 is 41.2 Å². The number of hydrogen-bond acceptors (Lipinski definition) is 3. The molecule has 0 fully saturated rings. The van der Waals surface area contributed by atoms with Crippen LogP contribution in [0.5, 0.6) is 0 Å². The minimum absolute atomic E-state index is 0. The van der Waals surface area contributed by atoms with Crippen LogP contribution in [0.3, 0.4) is 0 Å². The Hall–Kier alpha value is -0.420. The van der Waals surface area contributed by atoms with Gasteiger partial charge in [-0.2, -0.15) is 29.7 Å². The number of rotatable bonds is 2. The van der Waals surface area contributed by atoms with E-state index >= 15 is 0 Å². The molecule has 0 aliphatic heterocycles. The molecule has 0 N–H and O–H groups in total. The molecular formula is C17H26HfO3. The van der Waals surface area contributed by atoms with Crippen LogP contribution < -0.4 is 15.3 Å². The average Bonchev–Trinajstić information content (AvgIpc) is 3.06. The maximum atomic E-state index is 8.93. The predicted molar refractivity (Wildman–Crippen MR) is 79.6 cm³/mol. The first kappa shape index (κ1) is 25.5. The van der Waals surface area contributed by atoms with Crippen molar-refractivity contribution >= 4 is 0 Å². The second-order valence-corrected chi connectivity index (χ2v) is 3.76. The van der Waals surface area contributed by atoms with Gasteiger partial charge >= 0.3 is 25.8 Å². The van der Waals surface area contributed by atoms with Crippen molar-refractivity contribution in [2.45, 2.75) is 33.6 Å².